The van der Waals surface area contributed by atoms with Crippen molar-refractivity contribution < 1.29 is 14.3 Å². The standard InChI is InChI=1S/C30H34N4O3/c31-29(35)26-12-15-37-28(26)23(20-6-2-1-3-7-20)11-14-33-16-21-18-34(19-22(21)17-33)30(36)25-10-13-32-27-9-5-4-8-24(25)27/h1-10,13,21-23,26,28H,11-12,14-19H2,(H2,31,35)/t21?,22?,23-,26?,28?/m0/s1. The molecule has 7 heteroatoms. The van der Waals surface area contributed by atoms with E-state index >= 15 is 0 Å². The molecule has 3 aliphatic rings. The summed E-state index contributed by atoms with van der Waals surface area (Å²) < 4.78 is 6.08. The first-order valence-corrected chi connectivity index (χ1v) is 13.4. The highest BCUT2D eigenvalue weighted by Crippen LogP contribution is 2.37. The molecule has 1 aromatic heterocycles. The van der Waals surface area contributed by atoms with Gasteiger partial charge in [-0.15, -0.1) is 0 Å². The average molecular weight is 499 g/mol. The van der Waals surface area contributed by atoms with Crippen molar-refractivity contribution >= 4 is 22.7 Å². The predicted molar refractivity (Wildman–Crippen MR) is 142 cm³/mol. The Morgan fingerprint density at radius 2 is 1.70 bits per heavy atom. The van der Waals surface area contributed by atoms with Crippen molar-refractivity contribution in [1.82, 2.24) is 14.8 Å². The Morgan fingerprint density at radius 1 is 0.973 bits per heavy atom. The zero-order valence-corrected chi connectivity index (χ0v) is 21.0. The summed E-state index contributed by atoms with van der Waals surface area (Å²) in [6, 6.07) is 20.1. The third-order valence-corrected chi connectivity index (χ3v) is 8.61. The maximum atomic E-state index is 13.4. The maximum absolute atomic E-state index is 13.4. The quantitative estimate of drug-likeness (QED) is 0.540. The van der Waals surface area contributed by atoms with Crippen LogP contribution in [0.3, 0.4) is 0 Å². The van der Waals surface area contributed by atoms with Gasteiger partial charge in [0.15, 0.2) is 0 Å². The topological polar surface area (TPSA) is 88.8 Å². The highest BCUT2D eigenvalue weighted by Gasteiger charge is 2.43. The highest BCUT2D eigenvalue weighted by molar-refractivity contribution is 6.06. The van der Waals surface area contributed by atoms with Crippen molar-refractivity contribution in [3.05, 3.63) is 78.0 Å². The number of pyridine rings is 1. The number of carbonyl (C=O) groups is 2. The van der Waals surface area contributed by atoms with Crippen molar-refractivity contribution in [3.8, 4) is 0 Å². The van der Waals surface area contributed by atoms with Crippen LogP contribution in [0.5, 0.6) is 0 Å². The molecule has 2 amide bonds. The molecule has 0 spiro atoms. The van der Waals surface area contributed by atoms with Crippen molar-refractivity contribution in [2.45, 2.75) is 24.9 Å². The van der Waals surface area contributed by atoms with Crippen LogP contribution in [-0.2, 0) is 9.53 Å². The van der Waals surface area contributed by atoms with E-state index in [0.717, 1.165) is 55.6 Å². The SMILES string of the molecule is NC(=O)C1CCOC1[C@@H](CCN1CC2CN(C(=O)c3ccnc4ccccc34)CC2C1)c1ccccc1. The second-order valence-electron chi connectivity index (χ2n) is 10.8. The predicted octanol–water partition coefficient (Wildman–Crippen LogP) is 3.30. The fourth-order valence-electron chi connectivity index (χ4n) is 6.75. The number of benzene rings is 2. The van der Waals surface area contributed by atoms with Gasteiger partial charge in [0.2, 0.25) is 5.91 Å². The number of fused-ring (bicyclic) bond motifs is 2. The Balaban J connectivity index is 1.09. The zero-order chi connectivity index (χ0) is 25.4. The molecule has 0 aliphatic carbocycles. The van der Waals surface area contributed by atoms with Gasteiger partial charge >= 0.3 is 0 Å². The van der Waals surface area contributed by atoms with E-state index in [2.05, 4.69) is 34.1 Å². The van der Waals surface area contributed by atoms with Crippen LogP contribution in [0, 0.1) is 17.8 Å². The van der Waals surface area contributed by atoms with E-state index in [4.69, 9.17) is 10.5 Å². The monoisotopic (exact) mass is 498 g/mol. The lowest BCUT2D eigenvalue weighted by atomic mass is 9.83. The number of amides is 2. The molecule has 3 fully saturated rings. The van der Waals surface area contributed by atoms with E-state index in [9.17, 15) is 9.59 Å². The Bertz CT molecular complexity index is 1260. The van der Waals surface area contributed by atoms with Crippen molar-refractivity contribution in [2.24, 2.45) is 23.5 Å². The van der Waals surface area contributed by atoms with Gasteiger partial charge in [-0.2, -0.15) is 0 Å². The van der Waals surface area contributed by atoms with E-state index in [0.29, 0.717) is 24.9 Å². The van der Waals surface area contributed by atoms with Gasteiger partial charge in [0.05, 0.1) is 23.1 Å². The summed E-state index contributed by atoms with van der Waals surface area (Å²) in [4.78, 5) is 34.5. The van der Waals surface area contributed by atoms with Crippen LogP contribution in [0.15, 0.2) is 66.9 Å². The number of primary amides is 1. The second-order valence-corrected chi connectivity index (χ2v) is 10.8. The molecule has 3 aliphatic heterocycles. The third-order valence-electron chi connectivity index (χ3n) is 8.61. The van der Waals surface area contributed by atoms with Gasteiger partial charge in [-0.05, 0) is 48.9 Å². The molecule has 3 aromatic rings. The summed E-state index contributed by atoms with van der Waals surface area (Å²) in [5.41, 5.74) is 8.54. The van der Waals surface area contributed by atoms with Crippen LogP contribution in [0.4, 0.5) is 0 Å². The third kappa shape index (κ3) is 4.74. The molecule has 2 N–H and O–H groups in total. The summed E-state index contributed by atoms with van der Waals surface area (Å²) >= 11 is 0. The lowest BCUT2D eigenvalue weighted by Gasteiger charge is -2.29. The largest absolute Gasteiger partial charge is 0.377 e. The number of aromatic nitrogens is 1. The number of ether oxygens (including phenoxy) is 1. The van der Waals surface area contributed by atoms with E-state index in [-0.39, 0.29) is 29.8 Å². The van der Waals surface area contributed by atoms with Crippen molar-refractivity contribution in [2.75, 3.05) is 39.3 Å². The lowest BCUT2D eigenvalue weighted by Crippen LogP contribution is -2.37. The molecule has 3 saturated heterocycles. The molecular weight excluding hydrogens is 464 g/mol. The van der Waals surface area contributed by atoms with Crippen LogP contribution in [-0.4, -0.2) is 72.0 Å². The number of para-hydroxylation sites is 1. The Kier molecular flexibility index (Phi) is 6.65. The van der Waals surface area contributed by atoms with Gasteiger partial charge in [0, 0.05) is 50.3 Å². The number of hydrogen-bond acceptors (Lipinski definition) is 5. The fraction of sp³-hybridized carbons (Fsp3) is 0.433. The molecule has 0 bridgehead atoms. The van der Waals surface area contributed by atoms with Gasteiger partial charge in [-0.25, -0.2) is 0 Å². The number of likely N-dealkylation sites (tertiary alicyclic amines) is 2. The van der Waals surface area contributed by atoms with Crippen LogP contribution < -0.4 is 5.73 Å². The molecule has 192 valence electrons. The van der Waals surface area contributed by atoms with E-state index < -0.39 is 0 Å². The molecule has 37 heavy (non-hydrogen) atoms. The maximum Gasteiger partial charge on any atom is 0.254 e. The molecule has 0 saturated carbocycles. The minimum absolute atomic E-state index is 0.111. The van der Waals surface area contributed by atoms with Gasteiger partial charge in [0.1, 0.15) is 0 Å². The number of rotatable bonds is 7. The van der Waals surface area contributed by atoms with Crippen LogP contribution >= 0.6 is 0 Å². The average Bonchev–Trinajstić information content (AvgIpc) is 3.64. The number of nitrogens with zero attached hydrogens (tertiary/aromatic N) is 3. The highest BCUT2D eigenvalue weighted by atomic mass is 16.5. The van der Waals surface area contributed by atoms with Gasteiger partial charge in [-0.1, -0.05) is 48.5 Å². The second kappa shape index (κ2) is 10.2. The summed E-state index contributed by atoms with van der Waals surface area (Å²) in [5.74, 6) is 0.749. The van der Waals surface area contributed by atoms with Crippen LogP contribution in [0.1, 0.15) is 34.7 Å². The molecule has 0 radical (unpaired) electrons. The fourth-order valence-corrected chi connectivity index (χ4v) is 6.75. The molecule has 6 rings (SSSR count). The number of carbonyl (C=O) groups excluding carboxylic acids is 2. The summed E-state index contributed by atoms with van der Waals surface area (Å²) in [7, 11) is 0. The zero-order valence-electron chi connectivity index (χ0n) is 21.0. The molecule has 4 unspecified atom stereocenters. The first-order valence-electron chi connectivity index (χ1n) is 13.4. The van der Waals surface area contributed by atoms with Gasteiger partial charge in [-0.3, -0.25) is 14.6 Å². The van der Waals surface area contributed by atoms with Crippen LogP contribution in [0.2, 0.25) is 0 Å². The van der Waals surface area contributed by atoms with Crippen molar-refractivity contribution in [3.63, 3.8) is 0 Å². The normalized spacial score (nSPS) is 26.4. The first-order chi connectivity index (χ1) is 18.1. The molecule has 5 atom stereocenters. The van der Waals surface area contributed by atoms with Crippen LogP contribution in [0.25, 0.3) is 10.9 Å². The van der Waals surface area contributed by atoms with E-state index in [1.54, 1.807) is 6.20 Å². The summed E-state index contributed by atoms with van der Waals surface area (Å²) in [6.07, 6.45) is 3.19. The van der Waals surface area contributed by atoms with E-state index in [1.807, 2.05) is 41.3 Å². The van der Waals surface area contributed by atoms with E-state index in [1.165, 1.54) is 5.56 Å². The first kappa shape index (κ1) is 24.1. The lowest BCUT2D eigenvalue weighted by molar-refractivity contribution is -0.123. The molecule has 7 nitrogen and oxygen atoms in total. The smallest absolute Gasteiger partial charge is 0.254 e. The summed E-state index contributed by atoms with van der Waals surface area (Å²) in [5, 5.41) is 0.920. The summed E-state index contributed by atoms with van der Waals surface area (Å²) in [6.45, 7) is 5.13. The Hall–Kier alpha value is -3.29. The Labute approximate surface area is 217 Å². The number of nitrogens with two attached hydrogens (primary N) is 1. The van der Waals surface area contributed by atoms with Gasteiger partial charge in [0.25, 0.3) is 5.91 Å². The molecular formula is C30H34N4O3. The Morgan fingerprint density at radius 3 is 2.46 bits per heavy atom. The minimum atomic E-state index is -0.258. The molecule has 2 aromatic carbocycles. The molecule has 4 heterocycles. The minimum Gasteiger partial charge on any atom is -0.377 e. The number of hydrogen-bond donors (Lipinski definition) is 1. The van der Waals surface area contributed by atoms with Gasteiger partial charge < -0.3 is 20.3 Å². The van der Waals surface area contributed by atoms with Crippen molar-refractivity contribution in [1.29, 1.82) is 0 Å².